The molecule has 3 nitrogen and oxygen atoms in total. The second-order valence-corrected chi connectivity index (χ2v) is 4.76. The number of hydrogen-bond donors (Lipinski definition) is 2. The molecule has 0 spiro atoms. The van der Waals surface area contributed by atoms with Crippen LogP contribution in [0, 0.1) is 12.7 Å². The van der Waals surface area contributed by atoms with Crippen LogP contribution in [0.3, 0.4) is 0 Å². The molecular weight excluding hydrogens is 257 g/mol. The van der Waals surface area contributed by atoms with E-state index in [0.717, 1.165) is 11.3 Å². The third-order valence-electron chi connectivity index (χ3n) is 3.19. The number of anilines is 1. The average Bonchev–Trinajstić information content (AvgIpc) is 2.38. The summed E-state index contributed by atoms with van der Waals surface area (Å²) in [5, 5.41) is 12.2. The quantitative estimate of drug-likeness (QED) is 0.885. The summed E-state index contributed by atoms with van der Waals surface area (Å²) in [4.78, 5) is 11.0. The van der Waals surface area contributed by atoms with Crippen LogP contribution >= 0.6 is 0 Å². The molecule has 0 heterocycles. The SMILES string of the molecule is Cc1cc(NC(C)c2cccc(F)c2)ccc1C(=O)O. The molecular formula is C16H16FNO2. The van der Waals surface area contributed by atoms with Gasteiger partial charge in [0.1, 0.15) is 5.82 Å². The largest absolute Gasteiger partial charge is 0.478 e. The van der Waals surface area contributed by atoms with Gasteiger partial charge in [0.25, 0.3) is 0 Å². The first kappa shape index (κ1) is 14.1. The summed E-state index contributed by atoms with van der Waals surface area (Å²) < 4.78 is 13.2. The Labute approximate surface area is 117 Å². The van der Waals surface area contributed by atoms with Gasteiger partial charge in [-0.05, 0) is 55.3 Å². The van der Waals surface area contributed by atoms with Gasteiger partial charge in [-0.2, -0.15) is 0 Å². The lowest BCUT2D eigenvalue weighted by molar-refractivity contribution is 0.0696. The van der Waals surface area contributed by atoms with Gasteiger partial charge in [0.2, 0.25) is 0 Å². The molecule has 0 saturated carbocycles. The van der Waals surface area contributed by atoms with Crippen molar-refractivity contribution in [3.63, 3.8) is 0 Å². The number of halogens is 1. The molecule has 20 heavy (non-hydrogen) atoms. The first-order valence-corrected chi connectivity index (χ1v) is 6.33. The third-order valence-corrected chi connectivity index (χ3v) is 3.19. The first-order chi connectivity index (χ1) is 9.47. The zero-order valence-electron chi connectivity index (χ0n) is 11.4. The molecule has 1 atom stereocenters. The standard InChI is InChI=1S/C16H16FNO2/c1-10-8-14(6-7-15(10)16(19)20)18-11(2)12-4-3-5-13(17)9-12/h3-9,11,18H,1-2H3,(H,19,20). The van der Waals surface area contributed by atoms with E-state index in [1.807, 2.05) is 13.0 Å². The highest BCUT2D eigenvalue weighted by molar-refractivity contribution is 5.89. The average molecular weight is 273 g/mol. The van der Waals surface area contributed by atoms with E-state index in [1.165, 1.54) is 12.1 Å². The Bertz CT molecular complexity index is 640. The highest BCUT2D eigenvalue weighted by Gasteiger charge is 2.10. The van der Waals surface area contributed by atoms with Crippen LogP contribution in [0.2, 0.25) is 0 Å². The van der Waals surface area contributed by atoms with E-state index in [-0.39, 0.29) is 17.4 Å². The number of benzene rings is 2. The van der Waals surface area contributed by atoms with Crippen molar-refractivity contribution in [2.75, 3.05) is 5.32 Å². The fourth-order valence-corrected chi connectivity index (χ4v) is 2.10. The fourth-order valence-electron chi connectivity index (χ4n) is 2.10. The normalized spacial score (nSPS) is 11.9. The minimum Gasteiger partial charge on any atom is -0.478 e. The highest BCUT2D eigenvalue weighted by Crippen LogP contribution is 2.22. The zero-order valence-corrected chi connectivity index (χ0v) is 11.4. The van der Waals surface area contributed by atoms with E-state index in [1.54, 1.807) is 31.2 Å². The Morgan fingerprint density at radius 2 is 2.00 bits per heavy atom. The minimum absolute atomic E-state index is 0.0687. The number of aromatic carboxylic acids is 1. The van der Waals surface area contributed by atoms with E-state index in [4.69, 9.17) is 5.11 Å². The number of carboxylic acid groups (broad SMARTS) is 1. The van der Waals surface area contributed by atoms with Gasteiger partial charge in [0.15, 0.2) is 0 Å². The van der Waals surface area contributed by atoms with Gasteiger partial charge >= 0.3 is 5.97 Å². The van der Waals surface area contributed by atoms with Gasteiger partial charge in [0, 0.05) is 11.7 Å². The van der Waals surface area contributed by atoms with Crippen LogP contribution in [0.1, 0.15) is 34.5 Å². The molecule has 0 bridgehead atoms. The van der Waals surface area contributed by atoms with Crippen LogP contribution in [0.4, 0.5) is 10.1 Å². The molecule has 0 amide bonds. The zero-order chi connectivity index (χ0) is 14.7. The van der Waals surface area contributed by atoms with E-state index >= 15 is 0 Å². The molecule has 2 aromatic carbocycles. The Hall–Kier alpha value is -2.36. The second-order valence-electron chi connectivity index (χ2n) is 4.76. The number of rotatable bonds is 4. The second kappa shape index (κ2) is 5.74. The number of carboxylic acids is 1. The molecule has 0 aliphatic heterocycles. The van der Waals surface area contributed by atoms with Gasteiger partial charge in [-0.3, -0.25) is 0 Å². The van der Waals surface area contributed by atoms with E-state index < -0.39 is 5.97 Å². The molecule has 0 fully saturated rings. The fraction of sp³-hybridized carbons (Fsp3) is 0.188. The Morgan fingerprint density at radius 1 is 1.25 bits per heavy atom. The predicted octanol–water partition coefficient (Wildman–Crippen LogP) is 4.01. The maximum Gasteiger partial charge on any atom is 0.335 e. The van der Waals surface area contributed by atoms with Gasteiger partial charge in [-0.25, -0.2) is 9.18 Å². The summed E-state index contributed by atoms with van der Waals surface area (Å²) in [6.07, 6.45) is 0. The molecule has 2 aromatic rings. The summed E-state index contributed by atoms with van der Waals surface area (Å²) in [7, 11) is 0. The molecule has 0 radical (unpaired) electrons. The highest BCUT2D eigenvalue weighted by atomic mass is 19.1. The summed E-state index contributed by atoms with van der Waals surface area (Å²) in [6.45, 7) is 3.68. The van der Waals surface area contributed by atoms with Crippen molar-refractivity contribution in [3.05, 3.63) is 65.0 Å². The topological polar surface area (TPSA) is 49.3 Å². The van der Waals surface area contributed by atoms with Crippen LogP contribution < -0.4 is 5.32 Å². The molecule has 0 aliphatic carbocycles. The first-order valence-electron chi connectivity index (χ1n) is 6.33. The maximum absolute atomic E-state index is 13.2. The molecule has 2 N–H and O–H groups in total. The van der Waals surface area contributed by atoms with Crippen LogP contribution in [-0.2, 0) is 0 Å². The van der Waals surface area contributed by atoms with Crippen LogP contribution in [0.15, 0.2) is 42.5 Å². The van der Waals surface area contributed by atoms with Crippen molar-refractivity contribution in [3.8, 4) is 0 Å². The van der Waals surface area contributed by atoms with E-state index in [2.05, 4.69) is 5.32 Å². The van der Waals surface area contributed by atoms with E-state index in [0.29, 0.717) is 5.56 Å². The molecule has 0 aromatic heterocycles. The smallest absolute Gasteiger partial charge is 0.335 e. The number of nitrogens with one attached hydrogen (secondary N) is 1. The monoisotopic (exact) mass is 273 g/mol. The summed E-state index contributed by atoms with van der Waals surface area (Å²) >= 11 is 0. The van der Waals surface area contributed by atoms with Crippen molar-refractivity contribution in [2.45, 2.75) is 19.9 Å². The number of aryl methyl sites for hydroxylation is 1. The molecule has 4 heteroatoms. The lowest BCUT2D eigenvalue weighted by Crippen LogP contribution is -2.08. The van der Waals surface area contributed by atoms with Gasteiger partial charge in [-0.1, -0.05) is 12.1 Å². The number of carbonyl (C=O) groups is 1. The van der Waals surface area contributed by atoms with Crippen molar-refractivity contribution >= 4 is 11.7 Å². The number of hydrogen-bond acceptors (Lipinski definition) is 2. The van der Waals surface area contributed by atoms with Crippen LogP contribution in [0.5, 0.6) is 0 Å². The molecule has 0 aliphatic rings. The molecule has 1 unspecified atom stereocenters. The summed E-state index contributed by atoms with van der Waals surface area (Å²) in [6, 6.07) is 11.4. The van der Waals surface area contributed by atoms with Gasteiger partial charge < -0.3 is 10.4 Å². The predicted molar refractivity (Wildman–Crippen MR) is 76.6 cm³/mol. The van der Waals surface area contributed by atoms with Crippen molar-refractivity contribution in [1.29, 1.82) is 0 Å². The Balaban J connectivity index is 2.18. The summed E-state index contributed by atoms with van der Waals surface area (Å²) in [5.74, 6) is -1.21. The lowest BCUT2D eigenvalue weighted by Gasteiger charge is -2.16. The van der Waals surface area contributed by atoms with Crippen LogP contribution in [0.25, 0.3) is 0 Å². The minimum atomic E-state index is -0.938. The van der Waals surface area contributed by atoms with E-state index in [9.17, 15) is 9.18 Å². The molecule has 0 saturated heterocycles. The molecule has 2 rings (SSSR count). The Morgan fingerprint density at radius 3 is 2.60 bits per heavy atom. The van der Waals surface area contributed by atoms with Crippen LogP contribution in [-0.4, -0.2) is 11.1 Å². The maximum atomic E-state index is 13.2. The summed E-state index contributed by atoms with van der Waals surface area (Å²) in [5.41, 5.74) is 2.62. The van der Waals surface area contributed by atoms with Crippen molar-refractivity contribution in [1.82, 2.24) is 0 Å². The van der Waals surface area contributed by atoms with Crippen molar-refractivity contribution < 1.29 is 14.3 Å². The van der Waals surface area contributed by atoms with Gasteiger partial charge in [-0.15, -0.1) is 0 Å². The lowest BCUT2D eigenvalue weighted by atomic mass is 10.1. The molecule has 104 valence electrons. The Kier molecular flexibility index (Phi) is 4.03. The third kappa shape index (κ3) is 3.15. The van der Waals surface area contributed by atoms with Gasteiger partial charge in [0.05, 0.1) is 5.56 Å². The van der Waals surface area contributed by atoms with Crippen molar-refractivity contribution in [2.24, 2.45) is 0 Å².